The summed E-state index contributed by atoms with van der Waals surface area (Å²) >= 11 is 0. The van der Waals surface area contributed by atoms with Crippen LogP contribution in [0.25, 0.3) is 0 Å². The number of amides is 1. The van der Waals surface area contributed by atoms with E-state index < -0.39 is 0 Å². The second-order valence-electron chi connectivity index (χ2n) is 4.16. The van der Waals surface area contributed by atoms with E-state index in [1.165, 1.54) is 0 Å². The first-order valence-electron chi connectivity index (χ1n) is 5.25. The highest BCUT2D eigenvalue weighted by Gasteiger charge is 2.28. The highest BCUT2D eigenvalue weighted by molar-refractivity contribution is 5.76. The zero-order chi connectivity index (χ0) is 10.4. The first-order chi connectivity index (χ1) is 6.66. The molecule has 1 aliphatic heterocycles. The van der Waals surface area contributed by atoms with Crippen LogP contribution in [0.2, 0.25) is 0 Å². The van der Waals surface area contributed by atoms with Crippen LogP contribution >= 0.6 is 0 Å². The summed E-state index contributed by atoms with van der Waals surface area (Å²) in [5.41, 5.74) is 5.18. The first kappa shape index (κ1) is 11.5. The number of rotatable bonds is 4. The lowest BCUT2D eigenvalue weighted by molar-refractivity contribution is -0.124. The number of hydrogen-bond acceptors (Lipinski definition) is 3. The van der Waals surface area contributed by atoms with Gasteiger partial charge in [0, 0.05) is 13.0 Å². The van der Waals surface area contributed by atoms with Crippen molar-refractivity contribution >= 4 is 5.91 Å². The molecule has 14 heavy (non-hydrogen) atoms. The van der Waals surface area contributed by atoms with Crippen molar-refractivity contribution in [2.24, 2.45) is 5.73 Å². The van der Waals surface area contributed by atoms with Gasteiger partial charge in [0.1, 0.15) is 0 Å². The summed E-state index contributed by atoms with van der Waals surface area (Å²) in [6, 6.07) is 0. The van der Waals surface area contributed by atoms with Crippen molar-refractivity contribution in [1.82, 2.24) is 5.32 Å². The van der Waals surface area contributed by atoms with Crippen LogP contribution in [0, 0.1) is 0 Å². The van der Waals surface area contributed by atoms with Crippen LogP contribution in [0.5, 0.6) is 0 Å². The summed E-state index contributed by atoms with van der Waals surface area (Å²) in [5.74, 6) is 0.0865. The topological polar surface area (TPSA) is 64.4 Å². The predicted molar refractivity (Wildman–Crippen MR) is 54.9 cm³/mol. The molecular formula is C10H20N2O2. The zero-order valence-electron chi connectivity index (χ0n) is 8.84. The highest BCUT2D eigenvalue weighted by Crippen LogP contribution is 2.18. The Hall–Kier alpha value is -0.610. The summed E-state index contributed by atoms with van der Waals surface area (Å²) in [5, 5.41) is 3.01. The summed E-state index contributed by atoms with van der Waals surface area (Å²) in [7, 11) is 0. The maximum Gasteiger partial charge on any atom is 0.220 e. The Morgan fingerprint density at radius 3 is 3.00 bits per heavy atom. The molecule has 0 saturated carbocycles. The first-order valence-corrected chi connectivity index (χ1v) is 5.25. The second kappa shape index (κ2) is 5.32. The Labute approximate surface area is 85.2 Å². The number of carbonyl (C=O) groups excluding carboxylic acids is 1. The van der Waals surface area contributed by atoms with Gasteiger partial charge in [-0.25, -0.2) is 0 Å². The molecule has 4 nitrogen and oxygen atoms in total. The monoisotopic (exact) mass is 200 g/mol. The van der Waals surface area contributed by atoms with Gasteiger partial charge < -0.3 is 15.8 Å². The van der Waals surface area contributed by atoms with Crippen LogP contribution < -0.4 is 11.1 Å². The van der Waals surface area contributed by atoms with Gasteiger partial charge in [-0.15, -0.1) is 0 Å². The van der Waals surface area contributed by atoms with E-state index in [1.807, 2.05) is 6.92 Å². The molecule has 1 saturated heterocycles. The highest BCUT2D eigenvalue weighted by atomic mass is 16.5. The van der Waals surface area contributed by atoms with Gasteiger partial charge in [0.05, 0.1) is 12.1 Å². The van der Waals surface area contributed by atoms with Crippen LogP contribution in [0.1, 0.15) is 32.6 Å². The van der Waals surface area contributed by atoms with Crippen molar-refractivity contribution < 1.29 is 9.53 Å². The number of ether oxygens (including phenoxy) is 1. The normalized spacial score (nSPS) is 27.3. The van der Waals surface area contributed by atoms with E-state index in [4.69, 9.17) is 10.5 Å². The molecule has 0 aromatic carbocycles. The molecule has 1 unspecified atom stereocenters. The lowest BCUT2D eigenvalue weighted by atomic mass is 9.94. The minimum atomic E-state index is -0.163. The van der Waals surface area contributed by atoms with Gasteiger partial charge in [0.2, 0.25) is 5.91 Å². The molecular weight excluding hydrogens is 180 g/mol. The Balaban J connectivity index is 2.29. The molecule has 1 heterocycles. The van der Waals surface area contributed by atoms with Crippen molar-refractivity contribution in [3.8, 4) is 0 Å². The standard InChI is InChI=1S/C10H20N2O2/c1-10(5-3-7-14-8-10)12-9(13)4-2-6-11/h2-8,11H2,1H3,(H,12,13). The van der Waals surface area contributed by atoms with Crippen LogP contribution in [-0.4, -0.2) is 31.2 Å². The van der Waals surface area contributed by atoms with Crippen LogP contribution in [-0.2, 0) is 9.53 Å². The number of nitrogens with two attached hydrogens (primary N) is 1. The smallest absolute Gasteiger partial charge is 0.220 e. The van der Waals surface area contributed by atoms with E-state index in [1.54, 1.807) is 0 Å². The Morgan fingerprint density at radius 2 is 2.43 bits per heavy atom. The molecule has 1 aliphatic rings. The Kier molecular flexibility index (Phi) is 4.35. The number of nitrogens with one attached hydrogen (secondary N) is 1. The zero-order valence-corrected chi connectivity index (χ0v) is 8.84. The van der Waals surface area contributed by atoms with Gasteiger partial charge in [0.15, 0.2) is 0 Å². The van der Waals surface area contributed by atoms with E-state index >= 15 is 0 Å². The van der Waals surface area contributed by atoms with E-state index in [0.29, 0.717) is 19.6 Å². The van der Waals surface area contributed by atoms with Crippen molar-refractivity contribution in [1.29, 1.82) is 0 Å². The van der Waals surface area contributed by atoms with Gasteiger partial charge in [-0.1, -0.05) is 0 Å². The molecule has 0 bridgehead atoms. The van der Waals surface area contributed by atoms with Crippen LogP contribution in [0.3, 0.4) is 0 Å². The molecule has 3 N–H and O–H groups in total. The van der Waals surface area contributed by atoms with E-state index in [2.05, 4.69) is 5.32 Å². The fraction of sp³-hybridized carbons (Fsp3) is 0.900. The molecule has 82 valence electrons. The molecule has 1 fully saturated rings. The molecule has 1 amide bonds. The summed E-state index contributed by atoms with van der Waals surface area (Å²) in [4.78, 5) is 11.5. The SMILES string of the molecule is CC1(NC(=O)CCCN)CCCOC1. The number of carbonyl (C=O) groups is 1. The quantitative estimate of drug-likeness (QED) is 0.691. The molecule has 1 atom stereocenters. The summed E-state index contributed by atoms with van der Waals surface area (Å²) in [6.07, 6.45) is 3.30. The molecule has 0 aliphatic carbocycles. The minimum Gasteiger partial charge on any atom is -0.379 e. The summed E-state index contributed by atoms with van der Waals surface area (Å²) < 4.78 is 5.35. The van der Waals surface area contributed by atoms with Crippen molar-refractivity contribution in [3.05, 3.63) is 0 Å². The Morgan fingerprint density at radius 1 is 1.64 bits per heavy atom. The molecule has 4 heteroatoms. The fourth-order valence-corrected chi connectivity index (χ4v) is 1.69. The third-order valence-electron chi connectivity index (χ3n) is 2.49. The fourth-order valence-electron chi connectivity index (χ4n) is 1.69. The van der Waals surface area contributed by atoms with Crippen LogP contribution in [0.4, 0.5) is 0 Å². The average molecular weight is 200 g/mol. The van der Waals surface area contributed by atoms with Gasteiger partial charge >= 0.3 is 0 Å². The van der Waals surface area contributed by atoms with Gasteiger partial charge in [-0.2, -0.15) is 0 Å². The molecule has 0 spiro atoms. The van der Waals surface area contributed by atoms with Gasteiger partial charge in [-0.05, 0) is 32.7 Å². The average Bonchev–Trinajstić information content (AvgIpc) is 2.15. The minimum absolute atomic E-state index is 0.0865. The Bertz CT molecular complexity index is 189. The van der Waals surface area contributed by atoms with E-state index in [-0.39, 0.29) is 11.4 Å². The second-order valence-corrected chi connectivity index (χ2v) is 4.16. The predicted octanol–water partition coefficient (Wildman–Crippen LogP) is 0.411. The van der Waals surface area contributed by atoms with Crippen molar-refractivity contribution in [3.63, 3.8) is 0 Å². The van der Waals surface area contributed by atoms with E-state index in [0.717, 1.165) is 25.9 Å². The lowest BCUT2D eigenvalue weighted by Crippen LogP contribution is -2.51. The van der Waals surface area contributed by atoms with E-state index in [9.17, 15) is 4.79 Å². The molecule has 0 radical (unpaired) electrons. The van der Waals surface area contributed by atoms with Gasteiger partial charge in [-0.3, -0.25) is 4.79 Å². The molecule has 0 aromatic heterocycles. The maximum absolute atomic E-state index is 11.5. The maximum atomic E-state index is 11.5. The van der Waals surface area contributed by atoms with Crippen molar-refractivity contribution in [2.75, 3.05) is 19.8 Å². The summed E-state index contributed by atoms with van der Waals surface area (Å²) in [6.45, 7) is 4.04. The van der Waals surface area contributed by atoms with Crippen molar-refractivity contribution in [2.45, 2.75) is 38.1 Å². The van der Waals surface area contributed by atoms with Crippen LogP contribution in [0.15, 0.2) is 0 Å². The largest absolute Gasteiger partial charge is 0.379 e. The lowest BCUT2D eigenvalue weighted by Gasteiger charge is -2.34. The number of hydrogen-bond donors (Lipinski definition) is 2. The third kappa shape index (κ3) is 3.64. The molecule has 1 rings (SSSR count). The molecule has 0 aromatic rings. The third-order valence-corrected chi connectivity index (χ3v) is 2.49. The van der Waals surface area contributed by atoms with Gasteiger partial charge in [0.25, 0.3) is 0 Å².